The van der Waals surface area contributed by atoms with Crippen LogP contribution in [-0.4, -0.2) is 31.4 Å². The summed E-state index contributed by atoms with van der Waals surface area (Å²) in [5.41, 5.74) is 5.26. The number of pyridine rings is 1. The van der Waals surface area contributed by atoms with Gasteiger partial charge in [0.1, 0.15) is 0 Å². The fraction of sp³-hybridized carbons (Fsp3) is 0.333. The number of hydrogen-bond acceptors (Lipinski definition) is 5. The van der Waals surface area contributed by atoms with Crippen molar-refractivity contribution in [3.05, 3.63) is 53.3 Å². The SMILES string of the molecule is Cc1cc(C)c(NC(=O)CSc2nnc(-c3ccncc3)n2C2CC2)c(C)c1. The van der Waals surface area contributed by atoms with Gasteiger partial charge >= 0.3 is 0 Å². The molecule has 0 bridgehead atoms. The smallest absolute Gasteiger partial charge is 0.234 e. The first-order chi connectivity index (χ1) is 13.5. The topological polar surface area (TPSA) is 72.7 Å². The second-order valence-electron chi connectivity index (χ2n) is 7.25. The monoisotopic (exact) mass is 393 g/mol. The number of benzene rings is 1. The van der Waals surface area contributed by atoms with Gasteiger partial charge in [0.15, 0.2) is 11.0 Å². The summed E-state index contributed by atoms with van der Waals surface area (Å²) in [6.45, 7) is 6.10. The van der Waals surface area contributed by atoms with Crippen molar-refractivity contribution >= 4 is 23.4 Å². The van der Waals surface area contributed by atoms with Crippen molar-refractivity contribution in [1.82, 2.24) is 19.7 Å². The summed E-state index contributed by atoms with van der Waals surface area (Å²) in [4.78, 5) is 16.6. The third kappa shape index (κ3) is 3.94. The Balaban J connectivity index is 1.48. The molecule has 4 rings (SSSR count). The van der Waals surface area contributed by atoms with Crippen LogP contribution in [0.2, 0.25) is 0 Å². The van der Waals surface area contributed by atoms with Crippen LogP contribution in [0.3, 0.4) is 0 Å². The van der Waals surface area contributed by atoms with Crippen LogP contribution >= 0.6 is 11.8 Å². The molecule has 144 valence electrons. The number of nitrogens with zero attached hydrogens (tertiary/aromatic N) is 4. The molecule has 0 unspecified atom stereocenters. The number of aryl methyl sites for hydroxylation is 3. The van der Waals surface area contributed by atoms with E-state index in [1.165, 1.54) is 17.3 Å². The quantitative estimate of drug-likeness (QED) is 0.631. The number of rotatable bonds is 6. The number of thioether (sulfide) groups is 1. The fourth-order valence-electron chi connectivity index (χ4n) is 3.42. The minimum Gasteiger partial charge on any atom is -0.325 e. The van der Waals surface area contributed by atoms with E-state index < -0.39 is 0 Å². The Hall–Kier alpha value is -2.67. The van der Waals surface area contributed by atoms with Crippen molar-refractivity contribution in [3.63, 3.8) is 0 Å². The number of nitrogens with one attached hydrogen (secondary N) is 1. The average molecular weight is 394 g/mol. The highest BCUT2D eigenvalue weighted by Gasteiger charge is 2.30. The molecule has 28 heavy (non-hydrogen) atoms. The van der Waals surface area contributed by atoms with Crippen molar-refractivity contribution in [3.8, 4) is 11.4 Å². The molecule has 7 heteroatoms. The van der Waals surface area contributed by atoms with Crippen molar-refractivity contribution in [2.45, 2.75) is 44.8 Å². The Morgan fingerprint density at radius 2 is 1.82 bits per heavy atom. The molecule has 0 aliphatic heterocycles. The number of anilines is 1. The molecule has 3 aromatic rings. The minimum absolute atomic E-state index is 0.0316. The van der Waals surface area contributed by atoms with Crippen LogP contribution in [0.5, 0.6) is 0 Å². The zero-order chi connectivity index (χ0) is 19.7. The third-order valence-corrected chi connectivity index (χ3v) is 5.73. The second kappa shape index (κ2) is 7.75. The maximum Gasteiger partial charge on any atom is 0.234 e. The zero-order valence-electron chi connectivity index (χ0n) is 16.3. The lowest BCUT2D eigenvalue weighted by atomic mass is 10.1. The molecule has 1 aromatic carbocycles. The number of hydrogen-bond donors (Lipinski definition) is 1. The van der Waals surface area contributed by atoms with Crippen molar-refractivity contribution in [2.24, 2.45) is 0 Å². The molecule has 1 aliphatic rings. The summed E-state index contributed by atoms with van der Waals surface area (Å²) in [6, 6.07) is 8.46. The molecule has 1 aliphatic carbocycles. The van der Waals surface area contributed by atoms with Gasteiger partial charge < -0.3 is 5.32 Å². The maximum atomic E-state index is 12.6. The van der Waals surface area contributed by atoms with Gasteiger partial charge in [0.25, 0.3) is 0 Å². The third-order valence-electron chi connectivity index (χ3n) is 4.79. The highest BCUT2D eigenvalue weighted by atomic mass is 32.2. The zero-order valence-corrected chi connectivity index (χ0v) is 17.1. The van der Waals surface area contributed by atoms with Crippen molar-refractivity contribution < 1.29 is 4.79 Å². The van der Waals surface area contributed by atoms with E-state index in [-0.39, 0.29) is 5.91 Å². The second-order valence-corrected chi connectivity index (χ2v) is 8.20. The molecule has 1 N–H and O–H groups in total. The molecule has 2 heterocycles. The van der Waals surface area contributed by atoms with Gasteiger partial charge in [0, 0.05) is 29.7 Å². The minimum atomic E-state index is -0.0316. The van der Waals surface area contributed by atoms with Gasteiger partial charge in [-0.15, -0.1) is 10.2 Å². The molecule has 1 saturated carbocycles. The average Bonchev–Trinajstić information content (AvgIpc) is 3.42. The number of carbonyl (C=O) groups excluding carboxylic acids is 1. The van der Waals surface area contributed by atoms with Crippen molar-refractivity contribution in [1.29, 1.82) is 0 Å². The van der Waals surface area contributed by atoms with E-state index in [4.69, 9.17) is 0 Å². The predicted octanol–water partition coefficient (Wildman–Crippen LogP) is 4.33. The molecule has 1 fully saturated rings. The summed E-state index contributed by atoms with van der Waals surface area (Å²) >= 11 is 1.43. The van der Waals surface area contributed by atoms with E-state index in [9.17, 15) is 4.79 Å². The van der Waals surface area contributed by atoms with E-state index in [1.54, 1.807) is 12.4 Å². The highest BCUT2D eigenvalue weighted by Crippen LogP contribution is 2.41. The van der Waals surface area contributed by atoms with Gasteiger partial charge in [-0.1, -0.05) is 29.5 Å². The summed E-state index contributed by atoms with van der Waals surface area (Å²) in [7, 11) is 0. The molecule has 0 atom stereocenters. The standard InChI is InChI=1S/C21H23N5OS/c1-13-10-14(2)19(15(3)11-13)23-18(27)12-28-21-25-24-20(26(21)17-4-5-17)16-6-8-22-9-7-16/h6-11,17H,4-5,12H2,1-3H3,(H,23,27). The first-order valence-corrected chi connectivity index (χ1v) is 10.4. The van der Waals surface area contributed by atoms with Gasteiger partial charge in [-0.25, -0.2) is 0 Å². The molecular formula is C21H23N5OS. The number of amides is 1. The Morgan fingerprint density at radius 1 is 1.14 bits per heavy atom. The lowest BCUT2D eigenvalue weighted by molar-refractivity contribution is -0.113. The summed E-state index contributed by atoms with van der Waals surface area (Å²) in [5.74, 6) is 1.11. The van der Waals surface area contributed by atoms with Gasteiger partial charge in [0.05, 0.1) is 5.75 Å². The van der Waals surface area contributed by atoms with Crippen LogP contribution < -0.4 is 5.32 Å². The Bertz CT molecular complexity index is 988. The summed E-state index contributed by atoms with van der Waals surface area (Å²) in [6.07, 6.45) is 5.76. The predicted molar refractivity (Wildman–Crippen MR) is 112 cm³/mol. The molecule has 0 radical (unpaired) electrons. The van der Waals surface area contributed by atoms with Crippen LogP contribution in [0.1, 0.15) is 35.6 Å². The first-order valence-electron chi connectivity index (χ1n) is 9.38. The lowest BCUT2D eigenvalue weighted by Gasteiger charge is -2.13. The maximum absolute atomic E-state index is 12.6. The summed E-state index contributed by atoms with van der Waals surface area (Å²) in [5, 5.41) is 12.6. The molecule has 6 nitrogen and oxygen atoms in total. The largest absolute Gasteiger partial charge is 0.325 e. The van der Waals surface area contributed by atoms with E-state index in [0.29, 0.717) is 11.8 Å². The number of carbonyl (C=O) groups is 1. The van der Waals surface area contributed by atoms with Crippen LogP contribution in [0.4, 0.5) is 5.69 Å². The fourth-order valence-corrected chi connectivity index (χ4v) is 4.22. The van der Waals surface area contributed by atoms with Crippen LogP contribution in [0, 0.1) is 20.8 Å². The van der Waals surface area contributed by atoms with E-state index in [1.807, 2.05) is 26.0 Å². The lowest BCUT2D eigenvalue weighted by Crippen LogP contribution is -2.16. The highest BCUT2D eigenvalue weighted by molar-refractivity contribution is 7.99. The van der Waals surface area contributed by atoms with Gasteiger partial charge in [0.2, 0.25) is 5.91 Å². The van der Waals surface area contributed by atoms with Crippen molar-refractivity contribution in [2.75, 3.05) is 11.1 Å². The van der Waals surface area contributed by atoms with E-state index in [2.05, 4.69) is 44.1 Å². The van der Waals surface area contributed by atoms with E-state index >= 15 is 0 Å². The number of aromatic nitrogens is 4. The Kier molecular flexibility index (Phi) is 5.17. The molecule has 0 saturated heterocycles. The van der Waals surface area contributed by atoms with Gasteiger partial charge in [-0.3, -0.25) is 14.3 Å². The Morgan fingerprint density at radius 3 is 2.46 bits per heavy atom. The molecular weight excluding hydrogens is 370 g/mol. The molecule has 2 aromatic heterocycles. The Labute approximate surface area is 168 Å². The summed E-state index contributed by atoms with van der Waals surface area (Å²) < 4.78 is 2.16. The molecule has 1 amide bonds. The first kappa shape index (κ1) is 18.7. The van der Waals surface area contributed by atoms with E-state index in [0.717, 1.165) is 46.2 Å². The molecule has 0 spiro atoms. The van der Waals surface area contributed by atoms with Crippen LogP contribution in [-0.2, 0) is 4.79 Å². The van der Waals surface area contributed by atoms with Crippen LogP contribution in [0.25, 0.3) is 11.4 Å². The van der Waals surface area contributed by atoms with Gasteiger partial charge in [-0.05, 0) is 56.9 Å². The van der Waals surface area contributed by atoms with Gasteiger partial charge in [-0.2, -0.15) is 0 Å². The van der Waals surface area contributed by atoms with Crippen LogP contribution in [0.15, 0.2) is 41.8 Å². The normalized spacial score (nSPS) is 13.5.